The molecule has 0 fully saturated rings. The molecule has 0 aliphatic carbocycles. The molecule has 0 nitrogen and oxygen atoms in total. The van der Waals surface area contributed by atoms with Crippen LogP contribution in [-0.4, -0.2) is 6.67 Å². The Hall–Kier alpha value is 0.250. The Labute approximate surface area is 51.9 Å². The Morgan fingerprint density at radius 3 is 2.00 bits per heavy atom. The highest BCUT2D eigenvalue weighted by Crippen LogP contribution is 2.11. The minimum Gasteiger partial charge on any atom is -0.245 e. The number of hydrogen-bond donors (Lipinski definition) is 0. The second-order valence-electron chi connectivity index (χ2n) is 1.07. The normalized spacial score (nSPS) is 13.7. The van der Waals surface area contributed by atoms with Crippen molar-refractivity contribution in [2.75, 3.05) is 6.67 Å². The molecule has 7 heavy (non-hydrogen) atoms. The van der Waals surface area contributed by atoms with Gasteiger partial charge in [0.1, 0.15) is 6.67 Å². The molecule has 0 saturated heterocycles. The fourth-order valence-electron chi connectivity index (χ4n) is 0.0921. The van der Waals surface area contributed by atoms with Gasteiger partial charge in [-0.3, -0.25) is 0 Å². The molecule has 42 valence electrons. The summed E-state index contributed by atoms with van der Waals surface area (Å²) in [6.45, 7) is 0.875. The largest absolute Gasteiger partial charge is 0.245 e. The van der Waals surface area contributed by atoms with Crippen LogP contribution < -0.4 is 0 Å². The molecule has 0 atom stereocenters. The number of hydrogen-bond acceptors (Lipinski definition) is 0. The van der Waals surface area contributed by atoms with E-state index in [2.05, 4.69) is 0 Å². The molecule has 3 heteroatoms. The van der Waals surface area contributed by atoms with Crippen LogP contribution in [0, 0.1) is 0 Å². The van der Waals surface area contributed by atoms with Crippen molar-refractivity contribution in [3.05, 3.63) is 10.1 Å². The number of halogens is 3. The average Bonchev–Trinajstić information content (AvgIpc) is 1.65. The summed E-state index contributed by atoms with van der Waals surface area (Å²) in [4.78, 5) is 0. The molecule has 0 bridgehead atoms. The van der Waals surface area contributed by atoms with Crippen molar-refractivity contribution < 1.29 is 4.39 Å². The van der Waals surface area contributed by atoms with Crippen molar-refractivity contribution in [3.63, 3.8) is 0 Å². The lowest BCUT2D eigenvalue weighted by Gasteiger charge is -1.86. The first kappa shape index (κ1) is 7.25. The zero-order valence-corrected chi connectivity index (χ0v) is 5.35. The van der Waals surface area contributed by atoms with E-state index in [9.17, 15) is 4.39 Å². The van der Waals surface area contributed by atoms with Gasteiger partial charge in [0.05, 0.1) is 5.03 Å². The monoisotopic (exact) mass is 142 g/mol. The first-order valence-corrected chi connectivity index (χ1v) is 2.50. The Kier molecular flexibility index (Phi) is 3.39. The van der Waals surface area contributed by atoms with Gasteiger partial charge in [0.15, 0.2) is 0 Å². The molecule has 0 amide bonds. The molecule has 0 N–H and O–H groups in total. The molecule has 0 saturated carbocycles. The summed E-state index contributed by atoms with van der Waals surface area (Å²) < 4.78 is 11.4. The van der Waals surface area contributed by atoms with Gasteiger partial charge in [-0.2, -0.15) is 0 Å². The van der Waals surface area contributed by atoms with Gasteiger partial charge in [-0.15, -0.1) is 0 Å². The maximum atomic E-state index is 11.4. The quantitative estimate of drug-likeness (QED) is 0.529. The van der Waals surface area contributed by atoms with Crippen LogP contribution in [0.15, 0.2) is 10.1 Å². The Balaban J connectivity index is 3.72. The highest BCUT2D eigenvalue weighted by Gasteiger charge is 1.91. The predicted molar refractivity (Wildman–Crippen MR) is 30.4 cm³/mol. The molecular formula is C4H5Cl2F. The third kappa shape index (κ3) is 2.89. The summed E-state index contributed by atoms with van der Waals surface area (Å²) in [7, 11) is 0. The molecule has 0 aliphatic heterocycles. The Morgan fingerprint density at radius 1 is 1.57 bits per heavy atom. The van der Waals surface area contributed by atoms with E-state index in [1.54, 1.807) is 6.92 Å². The van der Waals surface area contributed by atoms with Crippen molar-refractivity contribution in [1.82, 2.24) is 0 Å². The highest BCUT2D eigenvalue weighted by atomic mass is 35.5. The van der Waals surface area contributed by atoms with Crippen molar-refractivity contribution in [1.29, 1.82) is 0 Å². The van der Waals surface area contributed by atoms with E-state index in [1.807, 2.05) is 0 Å². The van der Waals surface area contributed by atoms with Crippen LogP contribution in [0.2, 0.25) is 0 Å². The minimum absolute atomic E-state index is 0.0849. The van der Waals surface area contributed by atoms with Crippen LogP contribution >= 0.6 is 23.2 Å². The molecule has 0 aromatic heterocycles. The number of rotatable bonds is 1. The molecule has 0 rings (SSSR count). The number of allylic oxidation sites excluding steroid dienone is 2. The summed E-state index contributed by atoms with van der Waals surface area (Å²) in [6, 6.07) is 0. The van der Waals surface area contributed by atoms with Gasteiger partial charge >= 0.3 is 0 Å². The van der Waals surface area contributed by atoms with Gasteiger partial charge in [-0.25, -0.2) is 4.39 Å². The van der Waals surface area contributed by atoms with Gasteiger partial charge < -0.3 is 0 Å². The van der Waals surface area contributed by atoms with E-state index < -0.39 is 6.67 Å². The van der Waals surface area contributed by atoms with Crippen LogP contribution in [0.3, 0.4) is 0 Å². The molecule has 0 aromatic carbocycles. The van der Waals surface area contributed by atoms with Crippen molar-refractivity contribution >= 4 is 23.2 Å². The third-order valence-corrected chi connectivity index (χ3v) is 1.20. The molecule has 0 heterocycles. The molecule has 0 unspecified atom stereocenters. The zero-order chi connectivity index (χ0) is 5.86. The second kappa shape index (κ2) is 3.28. The van der Waals surface area contributed by atoms with E-state index in [0.29, 0.717) is 5.03 Å². The topological polar surface area (TPSA) is 0 Å². The van der Waals surface area contributed by atoms with Gasteiger partial charge in [0.2, 0.25) is 0 Å². The summed E-state index contributed by atoms with van der Waals surface area (Å²) >= 11 is 10.4. The van der Waals surface area contributed by atoms with Crippen LogP contribution in [-0.2, 0) is 0 Å². The fraction of sp³-hybridized carbons (Fsp3) is 0.500. The lowest BCUT2D eigenvalue weighted by atomic mass is 10.5. The van der Waals surface area contributed by atoms with Gasteiger partial charge in [-0.05, 0) is 6.92 Å². The Morgan fingerprint density at radius 2 is 2.00 bits per heavy atom. The highest BCUT2D eigenvalue weighted by molar-refractivity contribution is 6.38. The standard InChI is InChI=1S/C4H5Cl2F/c1-3(5)4(6)2-7/h2H2,1H3. The maximum absolute atomic E-state index is 11.4. The van der Waals surface area contributed by atoms with Crippen LogP contribution in [0.1, 0.15) is 6.92 Å². The van der Waals surface area contributed by atoms with E-state index in [0.717, 1.165) is 0 Å². The second-order valence-corrected chi connectivity index (χ2v) is 2.10. The molecular weight excluding hydrogens is 138 g/mol. The van der Waals surface area contributed by atoms with Gasteiger partial charge in [-0.1, -0.05) is 23.2 Å². The molecule has 0 radical (unpaired) electrons. The Bertz CT molecular complexity index is 83.7. The van der Waals surface area contributed by atoms with E-state index >= 15 is 0 Å². The minimum atomic E-state index is -0.670. The van der Waals surface area contributed by atoms with Gasteiger partial charge in [0, 0.05) is 5.03 Å². The summed E-state index contributed by atoms with van der Waals surface area (Å²) in [6.07, 6.45) is 0. The fourth-order valence-corrected chi connectivity index (χ4v) is 0.143. The van der Waals surface area contributed by atoms with Crippen LogP contribution in [0.5, 0.6) is 0 Å². The molecule has 0 spiro atoms. The first-order chi connectivity index (χ1) is 3.18. The maximum Gasteiger partial charge on any atom is 0.126 e. The van der Waals surface area contributed by atoms with E-state index in [-0.39, 0.29) is 5.03 Å². The smallest absolute Gasteiger partial charge is 0.126 e. The molecule has 0 aliphatic rings. The first-order valence-electron chi connectivity index (χ1n) is 1.75. The van der Waals surface area contributed by atoms with Crippen LogP contribution in [0.4, 0.5) is 4.39 Å². The SMILES string of the molecule is CC(Cl)=C(Cl)CF. The van der Waals surface area contributed by atoms with Crippen LogP contribution in [0.25, 0.3) is 0 Å². The van der Waals surface area contributed by atoms with Crippen molar-refractivity contribution in [3.8, 4) is 0 Å². The number of alkyl halides is 1. The van der Waals surface area contributed by atoms with E-state index in [1.165, 1.54) is 0 Å². The summed E-state index contributed by atoms with van der Waals surface area (Å²) in [5, 5.41) is 0.408. The van der Waals surface area contributed by atoms with Crippen molar-refractivity contribution in [2.24, 2.45) is 0 Å². The summed E-state index contributed by atoms with van der Waals surface area (Å²) in [5.41, 5.74) is 0. The lowest BCUT2D eigenvalue weighted by Crippen LogP contribution is -1.73. The van der Waals surface area contributed by atoms with Gasteiger partial charge in [0.25, 0.3) is 0 Å². The molecule has 0 aromatic rings. The van der Waals surface area contributed by atoms with E-state index in [4.69, 9.17) is 23.2 Å². The lowest BCUT2D eigenvalue weighted by molar-refractivity contribution is 0.555. The third-order valence-electron chi connectivity index (χ3n) is 0.491. The summed E-state index contributed by atoms with van der Waals surface area (Å²) in [5.74, 6) is 0. The zero-order valence-electron chi connectivity index (χ0n) is 3.84. The average molecular weight is 143 g/mol. The van der Waals surface area contributed by atoms with Crippen molar-refractivity contribution in [2.45, 2.75) is 6.92 Å². The predicted octanol–water partition coefficient (Wildman–Crippen LogP) is 2.67.